The molecular formula is C13H20N6OS. The van der Waals surface area contributed by atoms with Crippen molar-refractivity contribution in [3.05, 3.63) is 24.5 Å². The first-order valence-electron chi connectivity index (χ1n) is 6.94. The lowest BCUT2D eigenvalue weighted by molar-refractivity contribution is -0.118. The zero-order chi connectivity index (χ0) is 15.1. The third-order valence-corrected chi connectivity index (χ3v) is 3.85. The Hall–Kier alpha value is -1.83. The predicted octanol–water partition coefficient (Wildman–Crippen LogP) is 1.42. The summed E-state index contributed by atoms with van der Waals surface area (Å²) in [7, 11) is 0. The van der Waals surface area contributed by atoms with Crippen LogP contribution in [0.25, 0.3) is 0 Å². The number of hydrogen-bond acceptors (Lipinski definition) is 5. The molecule has 0 atom stereocenters. The summed E-state index contributed by atoms with van der Waals surface area (Å²) < 4.78 is 1.95. The van der Waals surface area contributed by atoms with Crippen LogP contribution < -0.4 is 5.32 Å². The smallest absolute Gasteiger partial charge is 0.230 e. The number of imidazole rings is 1. The number of nitrogens with one attached hydrogen (secondary N) is 2. The SMILES string of the molecule is CC(C)n1cnnc1SCC(=O)NCCCc1ncc[nH]1. The van der Waals surface area contributed by atoms with Crippen molar-refractivity contribution in [1.82, 2.24) is 30.0 Å². The lowest BCUT2D eigenvalue weighted by atomic mass is 10.3. The van der Waals surface area contributed by atoms with Crippen LogP contribution in [0.15, 0.2) is 23.9 Å². The second-order valence-corrected chi connectivity index (χ2v) is 5.84. The molecule has 21 heavy (non-hydrogen) atoms. The first-order chi connectivity index (χ1) is 10.2. The normalized spacial score (nSPS) is 11.0. The minimum atomic E-state index is 0.0118. The molecule has 2 aromatic heterocycles. The van der Waals surface area contributed by atoms with Gasteiger partial charge in [-0.05, 0) is 20.3 Å². The van der Waals surface area contributed by atoms with Crippen LogP contribution in [0, 0.1) is 0 Å². The number of carbonyl (C=O) groups is 1. The van der Waals surface area contributed by atoms with E-state index in [1.54, 1.807) is 18.7 Å². The summed E-state index contributed by atoms with van der Waals surface area (Å²) in [6, 6.07) is 0.291. The van der Waals surface area contributed by atoms with Crippen LogP contribution in [0.2, 0.25) is 0 Å². The Kier molecular flexibility index (Phi) is 5.79. The van der Waals surface area contributed by atoms with Gasteiger partial charge in [-0.25, -0.2) is 4.98 Å². The van der Waals surface area contributed by atoms with E-state index in [0.717, 1.165) is 23.8 Å². The molecule has 0 saturated heterocycles. The highest BCUT2D eigenvalue weighted by Crippen LogP contribution is 2.18. The van der Waals surface area contributed by atoms with Gasteiger partial charge in [0.25, 0.3) is 0 Å². The number of thioether (sulfide) groups is 1. The highest BCUT2D eigenvalue weighted by molar-refractivity contribution is 7.99. The van der Waals surface area contributed by atoms with Crippen molar-refractivity contribution in [2.45, 2.75) is 37.9 Å². The summed E-state index contributed by atoms with van der Waals surface area (Å²) in [5, 5.41) is 11.6. The third kappa shape index (κ3) is 4.89. The summed E-state index contributed by atoms with van der Waals surface area (Å²) in [6.07, 6.45) is 6.92. The van der Waals surface area contributed by atoms with Gasteiger partial charge in [-0.3, -0.25) is 4.79 Å². The summed E-state index contributed by atoms with van der Waals surface area (Å²) in [5.41, 5.74) is 0. The zero-order valence-corrected chi connectivity index (χ0v) is 13.1. The number of nitrogens with zero attached hydrogens (tertiary/aromatic N) is 4. The van der Waals surface area contributed by atoms with Crippen molar-refractivity contribution in [1.29, 1.82) is 0 Å². The number of amides is 1. The molecule has 0 aliphatic heterocycles. The van der Waals surface area contributed by atoms with E-state index in [9.17, 15) is 4.79 Å². The van der Waals surface area contributed by atoms with E-state index < -0.39 is 0 Å². The van der Waals surface area contributed by atoms with Gasteiger partial charge in [0.2, 0.25) is 5.91 Å². The van der Waals surface area contributed by atoms with E-state index in [0.29, 0.717) is 18.3 Å². The van der Waals surface area contributed by atoms with Crippen LogP contribution in [0.3, 0.4) is 0 Å². The molecule has 0 unspecified atom stereocenters. The third-order valence-electron chi connectivity index (χ3n) is 2.90. The van der Waals surface area contributed by atoms with Crippen molar-refractivity contribution in [2.75, 3.05) is 12.3 Å². The van der Waals surface area contributed by atoms with Crippen LogP contribution in [-0.2, 0) is 11.2 Å². The molecule has 0 saturated carbocycles. The van der Waals surface area contributed by atoms with Crippen LogP contribution >= 0.6 is 11.8 Å². The van der Waals surface area contributed by atoms with Gasteiger partial charge in [-0.1, -0.05) is 11.8 Å². The summed E-state index contributed by atoms with van der Waals surface area (Å²) in [5.74, 6) is 1.31. The average Bonchev–Trinajstić information content (AvgIpc) is 3.12. The second-order valence-electron chi connectivity index (χ2n) is 4.89. The number of aromatic amines is 1. The Morgan fingerprint density at radius 1 is 1.52 bits per heavy atom. The predicted molar refractivity (Wildman–Crippen MR) is 81.0 cm³/mol. The molecule has 2 heterocycles. The summed E-state index contributed by atoms with van der Waals surface area (Å²) >= 11 is 1.40. The van der Waals surface area contributed by atoms with Crippen LogP contribution in [0.5, 0.6) is 0 Å². The Morgan fingerprint density at radius 2 is 2.38 bits per heavy atom. The number of rotatable bonds is 8. The molecule has 0 aliphatic carbocycles. The molecular weight excluding hydrogens is 288 g/mol. The molecule has 2 N–H and O–H groups in total. The van der Waals surface area contributed by atoms with Crippen molar-refractivity contribution in [2.24, 2.45) is 0 Å². The van der Waals surface area contributed by atoms with Crippen LogP contribution in [0.1, 0.15) is 32.1 Å². The van der Waals surface area contributed by atoms with Crippen molar-refractivity contribution in [3.8, 4) is 0 Å². The quantitative estimate of drug-likeness (QED) is 0.569. The Bertz CT molecular complexity index is 551. The van der Waals surface area contributed by atoms with Gasteiger partial charge >= 0.3 is 0 Å². The molecule has 7 nitrogen and oxygen atoms in total. The van der Waals surface area contributed by atoms with Crippen molar-refractivity contribution in [3.63, 3.8) is 0 Å². The molecule has 1 amide bonds. The topological polar surface area (TPSA) is 88.5 Å². The molecule has 0 fully saturated rings. The van der Waals surface area contributed by atoms with Gasteiger partial charge in [0.05, 0.1) is 5.75 Å². The highest BCUT2D eigenvalue weighted by atomic mass is 32.2. The average molecular weight is 308 g/mol. The minimum absolute atomic E-state index is 0.0118. The van der Waals surface area contributed by atoms with E-state index in [1.807, 2.05) is 4.57 Å². The first-order valence-corrected chi connectivity index (χ1v) is 7.92. The molecule has 0 radical (unpaired) electrons. The van der Waals surface area contributed by atoms with Gasteiger partial charge in [0.15, 0.2) is 5.16 Å². The number of aryl methyl sites for hydroxylation is 1. The maximum Gasteiger partial charge on any atom is 0.230 e. The van der Waals surface area contributed by atoms with Gasteiger partial charge in [-0.2, -0.15) is 0 Å². The Labute approximate surface area is 127 Å². The number of carbonyl (C=O) groups excluding carboxylic acids is 1. The van der Waals surface area contributed by atoms with E-state index in [2.05, 4.69) is 39.3 Å². The van der Waals surface area contributed by atoms with Gasteiger partial charge in [0.1, 0.15) is 12.2 Å². The van der Waals surface area contributed by atoms with E-state index >= 15 is 0 Å². The maximum atomic E-state index is 11.8. The fourth-order valence-electron chi connectivity index (χ4n) is 1.79. The molecule has 0 aromatic carbocycles. The van der Waals surface area contributed by atoms with E-state index in [-0.39, 0.29) is 5.91 Å². The molecule has 2 rings (SSSR count). The molecule has 2 aromatic rings. The fourth-order valence-corrected chi connectivity index (χ4v) is 2.66. The Morgan fingerprint density at radius 3 is 3.10 bits per heavy atom. The number of hydrogen-bond donors (Lipinski definition) is 2. The highest BCUT2D eigenvalue weighted by Gasteiger charge is 2.10. The number of aromatic nitrogens is 5. The second kappa shape index (κ2) is 7.82. The zero-order valence-electron chi connectivity index (χ0n) is 12.2. The van der Waals surface area contributed by atoms with Crippen molar-refractivity contribution >= 4 is 17.7 Å². The molecule has 0 aliphatic rings. The number of H-pyrrole nitrogens is 1. The van der Waals surface area contributed by atoms with E-state index in [1.165, 1.54) is 11.8 Å². The van der Waals surface area contributed by atoms with Gasteiger partial charge < -0.3 is 14.9 Å². The molecule has 114 valence electrons. The van der Waals surface area contributed by atoms with Crippen LogP contribution in [-0.4, -0.2) is 42.9 Å². The fraction of sp³-hybridized carbons (Fsp3) is 0.538. The lowest BCUT2D eigenvalue weighted by Crippen LogP contribution is -2.26. The molecule has 0 spiro atoms. The first kappa shape index (κ1) is 15.6. The molecule has 0 bridgehead atoms. The Balaban J connectivity index is 1.64. The standard InChI is InChI=1S/C13H20N6OS/c1-10(2)19-9-17-18-13(19)21-8-12(20)16-5-3-4-11-14-6-7-15-11/h6-7,9-10H,3-5,8H2,1-2H3,(H,14,15)(H,16,20). The van der Waals surface area contributed by atoms with Gasteiger partial charge in [0, 0.05) is 31.4 Å². The monoisotopic (exact) mass is 308 g/mol. The largest absolute Gasteiger partial charge is 0.355 e. The van der Waals surface area contributed by atoms with Gasteiger partial charge in [-0.15, -0.1) is 10.2 Å². The summed E-state index contributed by atoms with van der Waals surface area (Å²) in [4.78, 5) is 18.9. The van der Waals surface area contributed by atoms with Crippen LogP contribution in [0.4, 0.5) is 0 Å². The maximum absolute atomic E-state index is 11.8. The minimum Gasteiger partial charge on any atom is -0.355 e. The van der Waals surface area contributed by atoms with E-state index in [4.69, 9.17) is 0 Å². The molecule has 8 heteroatoms. The lowest BCUT2D eigenvalue weighted by Gasteiger charge is -2.09. The summed E-state index contributed by atoms with van der Waals surface area (Å²) in [6.45, 7) is 4.77. The van der Waals surface area contributed by atoms with Crippen molar-refractivity contribution < 1.29 is 4.79 Å².